The van der Waals surface area contributed by atoms with Gasteiger partial charge in [-0.25, -0.2) is 0 Å². The van der Waals surface area contributed by atoms with Crippen molar-refractivity contribution in [2.45, 2.75) is 20.3 Å². The van der Waals surface area contributed by atoms with Gasteiger partial charge in [-0.1, -0.05) is 33.6 Å². The van der Waals surface area contributed by atoms with Crippen LogP contribution in [0.1, 0.15) is 17.5 Å². The van der Waals surface area contributed by atoms with Crippen LogP contribution < -0.4 is 10.2 Å². The number of amides is 2. The van der Waals surface area contributed by atoms with E-state index in [1.165, 1.54) is 5.56 Å². The molecule has 0 radical (unpaired) electrons. The molecule has 0 saturated carbocycles. The number of nitrogens with zero attached hydrogens (tertiary/aromatic N) is 1. The van der Waals surface area contributed by atoms with E-state index in [1.54, 1.807) is 17.0 Å². The zero-order chi connectivity index (χ0) is 18.1. The first-order chi connectivity index (χ1) is 11.8. The Balaban J connectivity index is 1.73. The van der Waals surface area contributed by atoms with Gasteiger partial charge in [0, 0.05) is 23.1 Å². The molecule has 1 aliphatic heterocycles. The third kappa shape index (κ3) is 3.88. The standard InChI is InChI=1S/C19H18BrClN2O2/c1-11-3-5-15(7-12(11)2)23-10-13(8-18(23)24)19(25)22-17-6-4-14(20)9-16(17)21/h3-7,9,13H,8,10H2,1-2H3,(H,22,25)/t13-/m0/s1. The SMILES string of the molecule is Cc1ccc(N2C[C@@H](C(=O)Nc3ccc(Br)cc3Cl)CC2=O)cc1C. The molecule has 1 atom stereocenters. The van der Waals surface area contributed by atoms with Gasteiger partial charge in [0.15, 0.2) is 0 Å². The Morgan fingerprint density at radius 3 is 2.64 bits per heavy atom. The number of rotatable bonds is 3. The maximum Gasteiger partial charge on any atom is 0.229 e. The molecular weight excluding hydrogens is 404 g/mol. The van der Waals surface area contributed by atoms with Gasteiger partial charge < -0.3 is 10.2 Å². The zero-order valence-corrected chi connectivity index (χ0v) is 16.3. The second-order valence-electron chi connectivity index (χ2n) is 6.29. The lowest BCUT2D eigenvalue weighted by atomic mass is 10.1. The number of hydrogen-bond donors (Lipinski definition) is 1. The van der Waals surface area contributed by atoms with Gasteiger partial charge in [-0.05, 0) is 55.3 Å². The highest BCUT2D eigenvalue weighted by Gasteiger charge is 2.35. The Kier molecular flexibility index (Phi) is 5.16. The average molecular weight is 422 g/mol. The first-order valence-corrected chi connectivity index (χ1v) is 9.16. The minimum Gasteiger partial charge on any atom is -0.324 e. The largest absolute Gasteiger partial charge is 0.324 e. The van der Waals surface area contributed by atoms with Crippen LogP contribution in [0.5, 0.6) is 0 Å². The average Bonchev–Trinajstić information content (AvgIpc) is 2.95. The lowest BCUT2D eigenvalue weighted by Gasteiger charge is -2.18. The molecule has 0 aromatic heterocycles. The molecule has 1 aliphatic rings. The topological polar surface area (TPSA) is 49.4 Å². The summed E-state index contributed by atoms with van der Waals surface area (Å²) in [6.45, 7) is 4.42. The Labute approximate surface area is 160 Å². The Bertz CT molecular complexity index is 853. The van der Waals surface area contributed by atoms with Crippen LogP contribution in [-0.4, -0.2) is 18.4 Å². The normalized spacial score (nSPS) is 17.0. The molecule has 1 N–H and O–H groups in total. The number of carbonyl (C=O) groups excluding carboxylic acids is 2. The Morgan fingerprint density at radius 2 is 1.96 bits per heavy atom. The van der Waals surface area contributed by atoms with Gasteiger partial charge in [-0.15, -0.1) is 0 Å². The molecule has 1 heterocycles. The molecule has 2 aromatic carbocycles. The first kappa shape index (κ1) is 18.0. The predicted octanol–water partition coefficient (Wildman–Crippen LogP) is 4.71. The van der Waals surface area contributed by atoms with Crippen molar-refractivity contribution in [2.24, 2.45) is 5.92 Å². The molecule has 6 heteroatoms. The van der Waals surface area contributed by atoms with Crippen LogP contribution in [0.4, 0.5) is 11.4 Å². The molecule has 4 nitrogen and oxygen atoms in total. The molecule has 0 spiro atoms. The van der Waals surface area contributed by atoms with Crippen molar-refractivity contribution < 1.29 is 9.59 Å². The van der Waals surface area contributed by atoms with Crippen molar-refractivity contribution in [1.82, 2.24) is 0 Å². The van der Waals surface area contributed by atoms with Crippen LogP contribution in [0.15, 0.2) is 40.9 Å². The van der Waals surface area contributed by atoms with Crippen LogP contribution in [0.2, 0.25) is 5.02 Å². The number of benzene rings is 2. The quantitative estimate of drug-likeness (QED) is 0.780. The summed E-state index contributed by atoms with van der Waals surface area (Å²) in [4.78, 5) is 26.6. The van der Waals surface area contributed by atoms with Crippen molar-refractivity contribution in [3.63, 3.8) is 0 Å². The molecule has 2 aromatic rings. The first-order valence-electron chi connectivity index (χ1n) is 7.98. The molecule has 0 unspecified atom stereocenters. The van der Waals surface area contributed by atoms with Gasteiger partial charge in [0.2, 0.25) is 11.8 Å². The van der Waals surface area contributed by atoms with Crippen molar-refractivity contribution in [2.75, 3.05) is 16.8 Å². The van der Waals surface area contributed by atoms with Crippen molar-refractivity contribution in [3.8, 4) is 0 Å². The van der Waals surface area contributed by atoms with Gasteiger partial charge in [0.1, 0.15) is 0 Å². The molecule has 1 fully saturated rings. The van der Waals surface area contributed by atoms with E-state index < -0.39 is 5.92 Å². The van der Waals surface area contributed by atoms with Gasteiger partial charge in [-0.2, -0.15) is 0 Å². The third-order valence-corrected chi connectivity index (χ3v) is 5.29. The van der Waals surface area contributed by atoms with E-state index in [0.29, 0.717) is 17.3 Å². The number of carbonyl (C=O) groups is 2. The van der Waals surface area contributed by atoms with Crippen LogP contribution in [-0.2, 0) is 9.59 Å². The van der Waals surface area contributed by atoms with Crippen LogP contribution in [0.25, 0.3) is 0 Å². The number of halogens is 2. The fourth-order valence-electron chi connectivity index (χ4n) is 2.85. The highest BCUT2D eigenvalue weighted by atomic mass is 79.9. The van der Waals surface area contributed by atoms with Gasteiger partial charge >= 0.3 is 0 Å². The Hall–Kier alpha value is -1.85. The van der Waals surface area contributed by atoms with E-state index in [-0.39, 0.29) is 18.2 Å². The highest BCUT2D eigenvalue weighted by molar-refractivity contribution is 9.10. The maximum atomic E-state index is 12.5. The fraction of sp³-hybridized carbons (Fsp3) is 0.263. The smallest absolute Gasteiger partial charge is 0.229 e. The third-order valence-electron chi connectivity index (χ3n) is 4.49. The lowest BCUT2D eigenvalue weighted by Crippen LogP contribution is -2.28. The molecule has 3 rings (SSSR count). The maximum absolute atomic E-state index is 12.5. The fourth-order valence-corrected chi connectivity index (χ4v) is 3.57. The summed E-state index contributed by atoms with van der Waals surface area (Å²) < 4.78 is 0.840. The number of nitrogens with one attached hydrogen (secondary N) is 1. The van der Waals surface area contributed by atoms with E-state index in [2.05, 4.69) is 21.2 Å². The summed E-state index contributed by atoms with van der Waals surface area (Å²) in [5.74, 6) is -0.622. The molecule has 2 amide bonds. The van der Waals surface area contributed by atoms with Crippen LogP contribution in [0.3, 0.4) is 0 Å². The number of hydrogen-bond acceptors (Lipinski definition) is 2. The molecule has 1 saturated heterocycles. The van der Waals surface area contributed by atoms with Crippen LogP contribution >= 0.6 is 27.5 Å². The lowest BCUT2D eigenvalue weighted by molar-refractivity contribution is -0.122. The summed E-state index contributed by atoms with van der Waals surface area (Å²) in [6.07, 6.45) is 0.201. The summed E-state index contributed by atoms with van der Waals surface area (Å²) in [5.41, 5.74) is 3.69. The van der Waals surface area contributed by atoms with Crippen molar-refractivity contribution >= 4 is 50.7 Å². The minimum atomic E-state index is -0.395. The molecular formula is C19H18BrClN2O2. The molecule has 130 valence electrons. The Morgan fingerprint density at radius 1 is 1.20 bits per heavy atom. The van der Waals surface area contributed by atoms with Crippen molar-refractivity contribution in [1.29, 1.82) is 0 Å². The van der Waals surface area contributed by atoms with E-state index in [4.69, 9.17) is 11.6 Å². The van der Waals surface area contributed by atoms with Gasteiger partial charge in [0.05, 0.1) is 16.6 Å². The second kappa shape index (κ2) is 7.18. The number of aryl methyl sites for hydroxylation is 2. The molecule has 0 bridgehead atoms. The molecule has 25 heavy (non-hydrogen) atoms. The summed E-state index contributed by atoms with van der Waals surface area (Å²) in [7, 11) is 0. The summed E-state index contributed by atoms with van der Waals surface area (Å²) in [5, 5.41) is 3.28. The van der Waals surface area contributed by atoms with Gasteiger partial charge in [0.25, 0.3) is 0 Å². The summed E-state index contributed by atoms with van der Waals surface area (Å²) >= 11 is 9.48. The number of anilines is 2. The second-order valence-corrected chi connectivity index (χ2v) is 7.61. The molecule has 0 aliphatic carbocycles. The monoisotopic (exact) mass is 420 g/mol. The highest BCUT2D eigenvalue weighted by Crippen LogP contribution is 2.29. The van der Waals surface area contributed by atoms with Gasteiger partial charge in [-0.3, -0.25) is 9.59 Å². The zero-order valence-electron chi connectivity index (χ0n) is 14.0. The minimum absolute atomic E-state index is 0.0368. The predicted molar refractivity (Wildman–Crippen MR) is 104 cm³/mol. The summed E-state index contributed by atoms with van der Waals surface area (Å²) in [6, 6.07) is 11.2. The van der Waals surface area contributed by atoms with E-state index in [9.17, 15) is 9.59 Å². The van der Waals surface area contributed by atoms with E-state index in [0.717, 1.165) is 15.7 Å². The van der Waals surface area contributed by atoms with Crippen molar-refractivity contribution in [3.05, 3.63) is 57.0 Å². The van der Waals surface area contributed by atoms with Crippen LogP contribution in [0, 0.1) is 19.8 Å². The van der Waals surface area contributed by atoms with E-state index in [1.807, 2.05) is 38.1 Å². The van der Waals surface area contributed by atoms with E-state index >= 15 is 0 Å².